The third kappa shape index (κ3) is 9.72. The van der Waals surface area contributed by atoms with Crippen LogP contribution < -0.4 is 0 Å². The maximum Gasteiger partial charge on any atom is 0.410 e. The van der Waals surface area contributed by atoms with Gasteiger partial charge in [-0.2, -0.15) is 17.0 Å². The van der Waals surface area contributed by atoms with E-state index in [-0.39, 0.29) is 12.1 Å². The Morgan fingerprint density at radius 1 is 1.30 bits per heavy atom. The van der Waals surface area contributed by atoms with Gasteiger partial charge in [-0.05, 0) is 40.4 Å². The van der Waals surface area contributed by atoms with Crippen molar-refractivity contribution in [3.8, 4) is 6.07 Å². The van der Waals surface area contributed by atoms with E-state index in [1.54, 1.807) is 16.7 Å². The van der Waals surface area contributed by atoms with Crippen LogP contribution in [0.3, 0.4) is 0 Å². The van der Waals surface area contributed by atoms with Crippen LogP contribution in [0.1, 0.15) is 48.0 Å². The molecule has 0 spiro atoms. The van der Waals surface area contributed by atoms with Crippen LogP contribution in [-0.2, 0) is 4.74 Å². The van der Waals surface area contributed by atoms with Crippen molar-refractivity contribution in [3.05, 3.63) is 0 Å². The fraction of sp³-hybridized carbons (Fsp3) is 0.882. The molecule has 1 heterocycles. The topological polar surface area (TPSA) is 56.6 Å². The quantitative estimate of drug-likeness (QED) is 0.780. The number of amides is 1. The molecule has 1 atom stereocenters. The SMILES string of the molecule is CC(C)(C)OC(=O)N1CCSCC1CC#N.CCN(CC)CC. The predicted octanol–water partition coefficient (Wildman–Crippen LogP) is 3.60. The number of carbonyl (C=O) groups excluding carboxylic acids is 1. The Balaban J connectivity index is 0.000000585. The third-order valence-corrected chi connectivity index (χ3v) is 4.62. The Labute approximate surface area is 146 Å². The first kappa shape index (κ1) is 22.1. The van der Waals surface area contributed by atoms with Crippen molar-refractivity contribution in [2.45, 2.75) is 59.6 Å². The van der Waals surface area contributed by atoms with Gasteiger partial charge in [0.15, 0.2) is 0 Å². The van der Waals surface area contributed by atoms with Gasteiger partial charge in [-0.3, -0.25) is 0 Å². The fourth-order valence-electron chi connectivity index (χ4n) is 2.16. The van der Waals surface area contributed by atoms with Crippen molar-refractivity contribution in [2.24, 2.45) is 0 Å². The second-order valence-corrected chi connectivity index (χ2v) is 7.53. The Hall–Kier alpha value is -0.930. The highest BCUT2D eigenvalue weighted by molar-refractivity contribution is 7.99. The van der Waals surface area contributed by atoms with Gasteiger partial charge in [0.05, 0.1) is 18.5 Å². The Morgan fingerprint density at radius 2 is 1.87 bits per heavy atom. The lowest BCUT2D eigenvalue weighted by molar-refractivity contribution is 0.0191. The number of thioether (sulfide) groups is 1. The van der Waals surface area contributed by atoms with E-state index in [1.165, 1.54) is 19.6 Å². The maximum absolute atomic E-state index is 11.9. The van der Waals surface area contributed by atoms with Gasteiger partial charge in [-0.25, -0.2) is 4.79 Å². The standard InChI is InChI=1S/C11H18N2O2S.C6H15N/c1-11(2,3)15-10(14)13-6-7-16-8-9(13)4-5-12;1-4-7(5-2)6-3/h9H,4,6-8H2,1-3H3;4-6H2,1-3H3. The van der Waals surface area contributed by atoms with Crippen LogP contribution in [-0.4, -0.2) is 65.2 Å². The van der Waals surface area contributed by atoms with E-state index in [0.717, 1.165) is 11.5 Å². The van der Waals surface area contributed by atoms with Crippen LogP contribution in [0.2, 0.25) is 0 Å². The molecule has 1 fully saturated rings. The monoisotopic (exact) mass is 343 g/mol. The van der Waals surface area contributed by atoms with Gasteiger partial charge in [-0.15, -0.1) is 0 Å². The zero-order valence-electron chi connectivity index (χ0n) is 15.6. The average Bonchev–Trinajstić information content (AvgIpc) is 2.49. The number of rotatable bonds is 4. The Morgan fingerprint density at radius 3 is 2.26 bits per heavy atom. The smallest absolute Gasteiger partial charge is 0.410 e. The minimum absolute atomic E-state index is 0.00130. The molecule has 1 saturated heterocycles. The molecule has 1 aliphatic rings. The van der Waals surface area contributed by atoms with Gasteiger partial charge >= 0.3 is 6.09 Å². The van der Waals surface area contributed by atoms with Crippen molar-refractivity contribution >= 4 is 17.9 Å². The van der Waals surface area contributed by atoms with Crippen molar-refractivity contribution in [3.63, 3.8) is 0 Å². The van der Waals surface area contributed by atoms with Crippen LogP contribution in [0.4, 0.5) is 4.79 Å². The van der Waals surface area contributed by atoms with Crippen LogP contribution >= 0.6 is 11.8 Å². The summed E-state index contributed by atoms with van der Waals surface area (Å²) in [6.45, 7) is 16.3. The normalized spacial score (nSPS) is 18.0. The highest BCUT2D eigenvalue weighted by Gasteiger charge is 2.30. The van der Waals surface area contributed by atoms with E-state index >= 15 is 0 Å². The molecule has 0 aromatic heterocycles. The average molecular weight is 344 g/mol. The third-order valence-electron chi connectivity index (χ3n) is 3.52. The molecule has 0 bridgehead atoms. The number of carbonyl (C=O) groups is 1. The molecule has 1 aliphatic heterocycles. The molecule has 0 aliphatic carbocycles. The second kappa shape index (κ2) is 11.6. The molecule has 1 rings (SSSR count). The molecule has 0 N–H and O–H groups in total. The molecule has 5 nitrogen and oxygen atoms in total. The van der Waals surface area contributed by atoms with Gasteiger partial charge in [0, 0.05) is 18.1 Å². The summed E-state index contributed by atoms with van der Waals surface area (Å²) in [4.78, 5) is 15.9. The molecular weight excluding hydrogens is 310 g/mol. The van der Waals surface area contributed by atoms with Crippen LogP contribution in [0.25, 0.3) is 0 Å². The van der Waals surface area contributed by atoms with Crippen molar-refractivity contribution in [2.75, 3.05) is 37.7 Å². The van der Waals surface area contributed by atoms with E-state index in [4.69, 9.17) is 10.00 Å². The Bertz CT molecular complexity index is 368. The summed E-state index contributed by atoms with van der Waals surface area (Å²) in [7, 11) is 0. The molecule has 0 radical (unpaired) electrons. The molecule has 1 amide bonds. The largest absolute Gasteiger partial charge is 0.444 e. The Kier molecular flexibility index (Phi) is 11.1. The molecule has 134 valence electrons. The van der Waals surface area contributed by atoms with E-state index < -0.39 is 5.60 Å². The first-order valence-corrected chi connectivity index (χ1v) is 9.61. The molecule has 23 heavy (non-hydrogen) atoms. The molecular formula is C17H33N3O2S. The number of hydrogen-bond acceptors (Lipinski definition) is 5. The highest BCUT2D eigenvalue weighted by Crippen LogP contribution is 2.21. The first-order valence-electron chi connectivity index (χ1n) is 8.45. The zero-order valence-corrected chi connectivity index (χ0v) is 16.4. The summed E-state index contributed by atoms with van der Waals surface area (Å²) >= 11 is 1.78. The van der Waals surface area contributed by atoms with E-state index in [0.29, 0.717) is 13.0 Å². The zero-order chi connectivity index (χ0) is 17.9. The molecule has 0 aromatic rings. The van der Waals surface area contributed by atoms with Gasteiger partial charge in [0.1, 0.15) is 5.60 Å². The maximum atomic E-state index is 11.9. The molecule has 1 unspecified atom stereocenters. The van der Waals surface area contributed by atoms with Gasteiger partial charge in [0.2, 0.25) is 0 Å². The lowest BCUT2D eigenvalue weighted by Crippen LogP contribution is -2.48. The summed E-state index contributed by atoms with van der Waals surface area (Å²) in [6, 6.07) is 2.12. The summed E-state index contributed by atoms with van der Waals surface area (Å²) in [5, 5.41) is 8.71. The van der Waals surface area contributed by atoms with Gasteiger partial charge < -0.3 is 14.5 Å². The summed E-state index contributed by atoms with van der Waals surface area (Å²) in [6.07, 6.45) is 0.0831. The molecule has 6 heteroatoms. The molecule has 0 saturated carbocycles. The van der Waals surface area contributed by atoms with Crippen molar-refractivity contribution in [1.82, 2.24) is 9.80 Å². The molecule has 0 aromatic carbocycles. The lowest BCUT2D eigenvalue weighted by atomic mass is 10.2. The summed E-state index contributed by atoms with van der Waals surface area (Å²) in [5.41, 5.74) is -0.473. The fourth-order valence-corrected chi connectivity index (χ4v) is 3.22. The number of nitrogens with zero attached hydrogens (tertiary/aromatic N) is 3. The van der Waals surface area contributed by atoms with E-state index in [1.807, 2.05) is 20.8 Å². The summed E-state index contributed by atoms with van der Waals surface area (Å²) < 4.78 is 5.32. The van der Waals surface area contributed by atoms with Crippen molar-refractivity contribution < 1.29 is 9.53 Å². The minimum Gasteiger partial charge on any atom is -0.444 e. The summed E-state index contributed by atoms with van der Waals surface area (Å²) in [5.74, 6) is 1.74. The van der Waals surface area contributed by atoms with Crippen molar-refractivity contribution in [1.29, 1.82) is 5.26 Å². The van der Waals surface area contributed by atoms with E-state index in [9.17, 15) is 4.79 Å². The van der Waals surface area contributed by atoms with E-state index in [2.05, 4.69) is 31.7 Å². The second-order valence-electron chi connectivity index (χ2n) is 6.38. The van der Waals surface area contributed by atoms with Gasteiger partial charge in [0.25, 0.3) is 0 Å². The predicted molar refractivity (Wildman–Crippen MR) is 97.7 cm³/mol. The first-order chi connectivity index (χ1) is 10.8. The number of hydrogen-bond donors (Lipinski definition) is 0. The number of ether oxygens (including phenoxy) is 1. The van der Waals surface area contributed by atoms with Crippen LogP contribution in [0.15, 0.2) is 0 Å². The minimum atomic E-state index is -0.473. The van der Waals surface area contributed by atoms with Crippen LogP contribution in [0, 0.1) is 11.3 Å². The lowest BCUT2D eigenvalue weighted by Gasteiger charge is -2.35. The van der Waals surface area contributed by atoms with Gasteiger partial charge in [-0.1, -0.05) is 20.8 Å². The number of nitriles is 1. The highest BCUT2D eigenvalue weighted by atomic mass is 32.2. The van der Waals surface area contributed by atoms with Crippen LogP contribution in [0.5, 0.6) is 0 Å².